The molecule has 3 rings (SSSR count). The molecule has 0 atom stereocenters. The molecule has 1 fully saturated rings. The van der Waals surface area contributed by atoms with E-state index >= 15 is 0 Å². The number of hydrogen-bond acceptors (Lipinski definition) is 2. The highest BCUT2D eigenvalue weighted by Crippen LogP contribution is 2.27. The predicted octanol–water partition coefficient (Wildman–Crippen LogP) is 3.87. The Morgan fingerprint density at radius 1 is 0.846 bits per heavy atom. The maximum Gasteiger partial charge on any atom is 0.256 e. The summed E-state index contributed by atoms with van der Waals surface area (Å²) in [6.07, 6.45) is 0. The monoisotopic (exact) mass is 398 g/mol. The zero-order valence-corrected chi connectivity index (χ0v) is 15.0. The molecule has 0 unspecified atom stereocenters. The van der Waals surface area contributed by atoms with Crippen LogP contribution in [0.4, 0.5) is 8.78 Å². The van der Waals surface area contributed by atoms with Crippen LogP contribution in [0.3, 0.4) is 0 Å². The average molecular weight is 399 g/mol. The first-order valence-electron chi connectivity index (χ1n) is 7.86. The number of halogens is 4. The highest BCUT2D eigenvalue weighted by atomic mass is 35.5. The minimum absolute atomic E-state index is 0.186. The van der Waals surface area contributed by atoms with E-state index in [0.29, 0.717) is 11.6 Å². The molecular weight excluding hydrogens is 385 g/mol. The first kappa shape index (κ1) is 18.6. The van der Waals surface area contributed by atoms with Crippen molar-refractivity contribution >= 4 is 35.0 Å². The van der Waals surface area contributed by atoms with Gasteiger partial charge in [0.05, 0.1) is 21.2 Å². The summed E-state index contributed by atoms with van der Waals surface area (Å²) < 4.78 is 26.8. The van der Waals surface area contributed by atoms with Crippen LogP contribution in [0.2, 0.25) is 10.0 Å². The van der Waals surface area contributed by atoms with E-state index in [1.807, 2.05) is 0 Å². The zero-order chi connectivity index (χ0) is 18.8. The van der Waals surface area contributed by atoms with Crippen molar-refractivity contribution in [2.75, 3.05) is 26.2 Å². The molecule has 0 bridgehead atoms. The number of benzene rings is 2. The van der Waals surface area contributed by atoms with Crippen LogP contribution in [0, 0.1) is 11.6 Å². The van der Waals surface area contributed by atoms with Crippen molar-refractivity contribution in [3.63, 3.8) is 0 Å². The second-order valence-electron chi connectivity index (χ2n) is 5.81. The normalized spacial score (nSPS) is 14.5. The van der Waals surface area contributed by atoms with Gasteiger partial charge in [0, 0.05) is 32.2 Å². The third kappa shape index (κ3) is 3.66. The van der Waals surface area contributed by atoms with Crippen molar-refractivity contribution < 1.29 is 18.4 Å². The number of rotatable bonds is 2. The molecule has 1 aliphatic rings. The third-order valence-electron chi connectivity index (χ3n) is 4.20. The van der Waals surface area contributed by atoms with Crippen LogP contribution < -0.4 is 0 Å². The quantitative estimate of drug-likeness (QED) is 0.770. The van der Waals surface area contributed by atoms with Crippen LogP contribution >= 0.6 is 23.2 Å². The van der Waals surface area contributed by atoms with Crippen molar-refractivity contribution in [1.29, 1.82) is 0 Å². The van der Waals surface area contributed by atoms with Gasteiger partial charge in [0.15, 0.2) is 0 Å². The Morgan fingerprint density at radius 2 is 1.42 bits per heavy atom. The summed E-state index contributed by atoms with van der Waals surface area (Å²) in [5.74, 6) is -2.46. The molecule has 0 saturated carbocycles. The minimum Gasteiger partial charge on any atom is -0.335 e. The molecule has 1 heterocycles. The fourth-order valence-electron chi connectivity index (χ4n) is 2.79. The summed E-state index contributed by atoms with van der Waals surface area (Å²) in [6, 6.07) is 7.65. The van der Waals surface area contributed by atoms with Gasteiger partial charge in [-0.1, -0.05) is 29.3 Å². The lowest BCUT2D eigenvalue weighted by atomic mass is 10.1. The van der Waals surface area contributed by atoms with Gasteiger partial charge in [-0.3, -0.25) is 9.59 Å². The molecule has 0 radical (unpaired) electrons. The molecule has 2 aromatic rings. The Morgan fingerprint density at radius 3 is 2.00 bits per heavy atom. The van der Waals surface area contributed by atoms with E-state index in [2.05, 4.69) is 0 Å². The molecule has 0 spiro atoms. The van der Waals surface area contributed by atoms with Gasteiger partial charge in [-0.25, -0.2) is 8.78 Å². The molecule has 136 valence electrons. The van der Waals surface area contributed by atoms with Crippen molar-refractivity contribution in [3.05, 3.63) is 69.2 Å². The van der Waals surface area contributed by atoms with Gasteiger partial charge >= 0.3 is 0 Å². The first-order valence-corrected chi connectivity index (χ1v) is 8.61. The second kappa shape index (κ2) is 7.60. The van der Waals surface area contributed by atoms with E-state index in [-0.39, 0.29) is 47.7 Å². The number of amides is 2. The number of nitrogens with zero attached hydrogens (tertiary/aromatic N) is 2. The highest BCUT2D eigenvalue weighted by Gasteiger charge is 2.28. The van der Waals surface area contributed by atoms with Crippen LogP contribution in [0.25, 0.3) is 0 Å². The summed E-state index contributed by atoms with van der Waals surface area (Å²) in [5, 5.41) is 0.476. The van der Waals surface area contributed by atoms with Gasteiger partial charge in [0.2, 0.25) is 0 Å². The molecule has 1 aliphatic heterocycles. The second-order valence-corrected chi connectivity index (χ2v) is 6.60. The van der Waals surface area contributed by atoms with Gasteiger partial charge in [-0.15, -0.1) is 0 Å². The fraction of sp³-hybridized carbons (Fsp3) is 0.222. The number of hydrogen-bond donors (Lipinski definition) is 0. The number of carbonyl (C=O) groups excluding carboxylic acids is 2. The van der Waals surface area contributed by atoms with Crippen LogP contribution in [0.1, 0.15) is 20.7 Å². The average Bonchev–Trinajstić information content (AvgIpc) is 2.63. The molecule has 2 aromatic carbocycles. The Balaban J connectivity index is 1.68. The van der Waals surface area contributed by atoms with E-state index in [1.165, 1.54) is 4.90 Å². The largest absolute Gasteiger partial charge is 0.335 e. The van der Waals surface area contributed by atoms with Crippen LogP contribution in [0.15, 0.2) is 36.4 Å². The van der Waals surface area contributed by atoms with Gasteiger partial charge in [-0.05, 0) is 24.3 Å². The number of piperazine rings is 1. The fourth-order valence-corrected chi connectivity index (χ4v) is 3.17. The van der Waals surface area contributed by atoms with E-state index in [0.717, 1.165) is 12.1 Å². The van der Waals surface area contributed by atoms with Gasteiger partial charge in [-0.2, -0.15) is 0 Å². The Labute approximate surface area is 158 Å². The summed E-state index contributed by atoms with van der Waals surface area (Å²) in [5.41, 5.74) is 0.104. The van der Waals surface area contributed by atoms with E-state index in [4.69, 9.17) is 23.2 Å². The van der Waals surface area contributed by atoms with Crippen molar-refractivity contribution in [3.8, 4) is 0 Å². The number of carbonyl (C=O) groups is 2. The van der Waals surface area contributed by atoms with E-state index < -0.39 is 17.5 Å². The molecule has 26 heavy (non-hydrogen) atoms. The van der Waals surface area contributed by atoms with E-state index in [1.54, 1.807) is 23.1 Å². The van der Waals surface area contributed by atoms with Gasteiger partial charge < -0.3 is 9.80 Å². The minimum atomic E-state index is -0.904. The van der Waals surface area contributed by atoms with Crippen LogP contribution in [-0.2, 0) is 0 Å². The van der Waals surface area contributed by atoms with Crippen LogP contribution in [-0.4, -0.2) is 47.8 Å². The SMILES string of the molecule is O=C(c1ccc(F)cc1F)N1CCN(C(=O)c2cccc(Cl)c2Cl)CC1. The topological polar surface area (TPSA) is 40.6 Å². The molecule has 1 saturated heterocycles. The summed E-state index contributed by atoms with van der Waals surface area (Å²) >= 11 is 12.0. The standard InChI is InChI=1S/C18H14Cl2F2N2O2/c19-14-3-1-2-13(16(14)20)18(26)24-8-6-23(7-9-24)17(25)12-5-4-11(21)10-15(12)22/h1-5,10H,6-9H2. The molecule has 8 heteroatoms. The van der Waals surface area contributed by atoms with Crippen molar-refractivity contribution in [2.24, 2.45) is 0 Å². The first-order chi connectivity index (χ1) is 12.4. The molecule has 0 aromatic heterocycles. The lowest BCUT2D eigenvalue weighted by molar-refractivity contribution is 0.0533. The summed E-state index contributed by atoms with van der Waals surface area (Å²) in [4.78, 5) is 28.0. The molecular formula is C18H14Cl2F2N2O2. The molecule has 0 N–H and O–H groups in total. The Kier molecular flexibility index (Phi) is 5.44. The molecule has 0 aliphatic carbocycles. The highest BCUT2D eigenvalue weighted by molar-refractivity contribution is 6.43. The smallest absolute Gasteiger partial charge is 0.256 e. The lowest BCUT2D eigenvalue weighted by Gasteiger charge is -2.35. The van der Waals surface area contributed by atoms with Gasteiger partial charge in [0.25, 0.3) is 11.8 Å². The van der Waals surface area contributed by atoms with Crippen molar-refractivity contribution in [1.82, 2.24) is 9.80 Å². The maximum atomic E-state index is 13.8. The van der Waals surface area contributed by atoms with Crippen LogP contribution in [0.5, 0.6) is 0 Å². The predicted molar refractivity (Wildman–Crippen MR) is 94.6 cm³/mol. The summed E-state index contributed by atoms with van der Waals surface area (Å²) in [6.45, 7) is 1.02. The van der Waals surface area contributed by atoms with E-state index in [9.17, 15) is 18.4 Å². The zero-order valence-electron chi connectivity index (χ0n) is 13.5. The molecule has 2 amide bonds. The Hall–Kier alpha value is -2.18. The maximum absolute atomic E-state index is 13.8. The molecule has 4 nitrogen and oxygen atoms in total. The van der Waals surface area contributed by atoms with Crippen molar-refractivity contribution in [2.45, 2.75) is 0 Å². The third-order valence-corrected chi connectivity index (χ3v) is 5.02. The summed E-state index contributed by atoms with van der Waals surface area (Å²) in [7, 11) is 0. The Bertz CT molecular complexity index is 868. The van der Waals surface area contributed by atoms with Gasteiger partial charge in [0.1, 0.15) is 11.6 Å². The lowest BCUT2D eigenvalue weighted by Crippen LogP contribution is -2.50.